The third kappa shape index (κ3) is 4.21. The Hall–Kier alpha value is -1.89. The van der Waals surface area contributed by atoms with Crippen molar-refractivity contribution in [2.45, 2.75) is 24.7 Å². The molecule has 0 spiro atoms. The largest absolute Gasteiger partial charge is 0.311 e. The zero-order valence-corrected chi connectivity index (χ0v) is 16.1. The molecule has 0 saturated heterocycles. The Bertz CT molecular complexity index is 895. The van der Waals surface area contributed by atoms with E-state index in [0.29, 0.717) is 11.6 Å². The van der Waals surface area contributed by atoms with E-state index in [9.17, 15) is 13.2 Å². The van der Waals surface area contributed by atoms with Crippen molar-refractivity contribution in [3.63, 3.8) is 0 Å². The molecule has 0 bridgehead atoms. The second-order valence-electron chi connectivity index (χ2n) is 5.96. The standard InChI is InChI=1S/C18H21ClN2O3S/c1-12(2)13-6-5-7-14(10-13)21(4)18(22)16-11-15(8-9-17(16)19)25(23,24)20-3/h5-12,20H,1-4H3. The Morgan fingerprint density at radius 3 is 2.44 bits per heavy atom. The van der Waals surface area contributed by atoms with Crippen LogP contribution in [-0.4, -0.2) is 28.4 Å². The van der Waals surface area contributed by atoms with Gasteiger partial charge in [0.05, 0.1) is 15.5 Å². The van der Waals surface area contributed by atoms with Gasteiger partial charge in [-0.15, -0.1) is 0 Å². The van der Waals surface area contributed by atoms with Crippen LogP contribution in [0.3, 0.4) is 0 Å². The first-order valence-electron chi connectivity index (χ1n) is 7.78. The molecule has 2 aromatic rings. The van der Waals surface area contributed by atoms with Crippen molar-refractivity contribution >= 4 is 33.2 Å². The molecule has 0 radical (unpaired) electrons. The van der Waals surface area contributed by atoms with Crippen molar-refractivity contribution in [2.75, 3.05) is 19.0 Å². The topological polar surface area (TPSA) is 66.5 Å². The van der Waals surface area contributed by atoms with Crippen molar-refractivity contribution in [3.05, 3.63) is 58.6 Å². The zero-order valence-electron chi connectivity index (χ0n) is 14.6. The number of hydrogen-bond donors (Lipinski definition) is 1. The summed E-state index contributed by atoms with van der Waals surface area (Å²) in [5, 5.41) is 0.201. The number of nitrogens with zero attached hydrogens (tertiary/aromatic N) is 1. The first-order valence-corrected chi connectivity index (χ1v) is 9.64. The van der Waals surface area contributed by atoms with Gasteiger partial charge in [-0.05, 0) is 48.9 Å². The van der Waals surface area contributed by atoms with Crippen molar-refractivity contribution in [2.24, 2.45) is 0 Å². The summed E-state index contributed by atoms with van der Waals surface area (Å²) in [7, 11) is -0.708. The quantitative estimate of drug-likeness (QED) is 0.860. The summed E-state index contributed by atoms with van der Waals surface area (Å²) >= 11 is 6.13. The van der Waals surface area contributed by atoms with E-state index in [0.717, 1.165) is 5.56 Å². The minimum absolute atomic E-state index is 0.00733. The third-order valence-electron chi connectivity index (χ3n) is 3.98. The van der Waals surface area contributed by atoms with E-state index >= 15 is 0 Å². The summed E-state index contributed by atoms with van der Waals surface area (Å²) < 4.78 is 26.2. The Morgan fingerprint density at radius 1 is 1.16 bits per heavy atom. The minimum Gasteiger partial charge on any atom is -0.311 e. The number of halogens is 1. The SMILES string of the molecule is CNS(=O)(=O)c1ccc(Cl)c(C(=O)N(C)c2cccc(C(C)C)c2)c1. The van der Waals surface area contributed by atoms with E-state index in [1.54, 1.807) is 7.05 Å². The van der Waals surface area contributed by atoms with Crippen LogP contribution in [0.25, 0.3) is 0 Å². The van der Waals surface area contributed by atoms with Gasteiger partial charge in [-0.2, -0.15) is 0 Å². The molecule has 0 unspecified atom stereocenters. The lowest BCUT2D eigenvalue weighted by molar-refractivity contribution is 0.0993. The molecular formula is C18H21ClN2O3S. The van der Waals surface area contributed by atoms with Gasteiger partial charge in [-0.1, -0.05) is 37.6 Å². The fourth-order valence-corrected chi connectivity index (χ4v) is 3.30. The molecule has 0 saturated carbocycles. The first kappa shape index (κ1) is 19.4. The van der Waals surface area contributed by atoms with E-state index in [1.165, 1.54) is 30.1 Å². The molecule has 134 valence electrons. The van der Waals surface area contributed by atoms with Gasteiger partial charge in [0.1, 0.15) is 0 Å². The van der Waals surface area contributed by atoms with Crippen LogP contribution in [0, 0.1) is 0 Å². The van der Waals surface area contributed by atoms with Crippen LogP contribution in [0.4, 0.5) is 5.69 Å². The van der Waals surface area contributed by atoms with Crippen LogP contribution < -0.4 is 9.62 Å². The Morgan fingerprint density at radius 2 is 1.84 bits per heavy atom. The van der Waals surface area contributed by atoms with Gasteiger partial charge >= 0.3 is 0 Å². The van der Waals surface area contributed by atoms with Gasteiger partial charge < -0.3 is 4.90 Å². The molecule has 0 aromatic heterocycles. The molecule has 2 rings (SSSR count). The highest BCUT2D eigenvalue weighted by molar-refractivity contribution is 7.89. The van der Waals surface area contributed by atoms with E-state index < -0.39 is 10.0 Å². The minimum atomic E-state index is -3.66. The van der Waals surface area contributed by atoms with Crippen molar-refractivity contribution < 1.29 is 13.2 Å². The van der Waals surface area contributed by atoms with Crippen LogP contribution in [0.5, 0.6) is 0 Å². The maximum absolute atomic E-state index is 12.8. The lowest BCUT2D eigenvalue weighted by atomic mass is 10.0. The van der Waals surface area contributed by atoms with E-state index in [-0.39, 0.29) is 21.4 Å². The second-order valence-corrected chi connectivity index (χ2v) is 8.26. The number of amides is 1. The molecule has 0 atom stereocenters. The predicted molar refractivity (Wildman–Crippen MR) is 101 cm³/mol. The van der Waals surface area contributed by atoms with Crippen molar-refractivity contribution in [1.29, 1.82) is 0 Å². The van der Waals surface area contributed by atoms with Gasteiger partial charge in [0.15, 0.2) is 0 Å². The lowest BCUT2D eigenvalue weighted by Gasteiger charge is -2.20. The lowest BCUT2D eigenvalue weighted by Crippen LogP contribution is -2.27. The average molecular weight is 381 g/mol. The van der Waals surface area contributed by atoms with Crippen LogP contribution in [0.1, 0.15) is 35.7 Å². The number of benzene rings is 2. The number of hydrogen-bond acceptors (Lipinski definition) is 3. The van der Waals surface area contributed by atoms with E-state index in [2.05, 4.69) is 18.6 Å². The fraction of sp³-hybridized carbons (Fsp3) is 0.278. The molecule has 0 heterocycles. The predicted octanol–water partition coefficient (Wildman–Crippen LogP) is 3.65. The number of rotatable bonds is 5. The maximum Gasteiger partial charge on any atom is 0.259 e. The van der Waals surface area contributed by atoms with Gasteiger partial charge in [0.2, 0.25) is 10.0 Å². The van der Waals surface area contributed by atoms with E-state index in [4.69, 9.17) is 11.6 Å². The molecule has 0 aliphatic carbocycles. The molecule has 1 amide bonds. The summed E-state index contributed by atoms with van der Waals surface area (Å²) in [6.07, 6.45) is 0. The number of carbonyl (C=O) groups is 1. The molecule has 2 aromatic carbocycles. The summed E-state index contributed by atoms with van der Waals surface area (Å²) in [5.74, 6) is -0.0461. The summed E-state index contributed by atoms with van der Waals surface area (Å²) in [4.78, 5) is 14.3. The van der Waals surface area contributed by atoms with E-state index in [1.807, 2.05) is 24.3 Å². The molecule has 0 fully saturated rings. The average Bonchev–Trinajstić information content (AvgIpc) is 2.60. The maximum atomic E-state index is 12.8. The van der Waals surface area contributed by atoms with Gasteiger partial charge in [-0.3, -0.25) is 4.79 Å². The van der Waals surface area contributed by atoms with Gasteiger partial charge in [0.25, 0.3) is 5.91 Å². The normalized spacial score (nSPS) is 11.6. The van der Waals surface area contributed by atoms with Gasteiger partial charge in [-0.25, -0.2) is 13.1 Å². The molecule has 0 aliphatic rings. The molecule has 1 N–H and O–H groups in total. The summed E-state index contributed by atoms with van der Waals surface area (Å²) in [6, 6.07) is 11.7. The zero-order chi connectivity index (χ0) is 18.8. The highest BCUT2D eigenvalue weighted by atomic mass is 35.5. The van der Waals surface area contributed by atoms with Crippen LogP contribution in [0.2, 0.25) is 5.02 Å². The molecule has 7 heteroatoms. The monoisotopic (exact) mass is 380 g/mol. The molecule has 0 aliphatic heterocycles. The van der Waals surface area contributed by atoms with Crippen LogP contribution in [0.15, 0.2) is 47.4 Å². The van der Waals surface area contributed by atoms with Crippen molar-refractivity contribution in [1.82, 2.24) is 4.72 Å². The van der Waals surface area contributed by atoms with Gasteiger partial charge in [0, 0.05) is 12.7 Å². The Kier molecular flexibility index (Phi) is 5.87. The smallest absolute Gasteiger partial charge is 0.259 e. The summed E-state index contributed by atoms with van der Waals surface area (Å²) in [6.45, 7) is 4.15. The highest BCUT2D eigenvalue weighted by Crippen LogP contribution is 2.26. The molecular weight excluding hydrogens is 360 g/mol. The number of carbonyl (C=O) groups excluding carboxylic acids is 1. The number of nitrogens with one attached hydrogen (secondary N) is 1. The fourth-order valence-electron chi connectivity index (χ4n) is 2.34. The second kappa shape index (κ2) is 7.56. The van der Waals surface area contributed by atoms with Crippen LogP contribution >= 0.6 is 11.6 Å². The summed E-state index contributed by atoms with van der Waals surface area (Å²) in [5.41, 5.74) is 1.96. The molecule has 5 nitrogen and oxygen atoms in total. The number of anilines is 1. The molecule has 25 heavy (non-hydrogen) atoms. The number of sulfonamides is 1. The Labute approximate surface area is 153 Å². The Balaban J connectivity index is 2.43. The highest BCUT2D eigenvalue weighted by Gasteiger charge is 2.21. The third-order valence-corrected chi connectivity index (χ3v) is 5.72. The van der Waals surface area contributed by atoms with Crippen molar-refractivity contribution in [3.8, 4) is 0 Å². The first-order chi connectivity index (χ1) is 11.7. The van der Waals surface area contributed by atoms with Crippen LogP contribution in [-0.2, 0) is 10.0 Å².